The summed E-state index contributed by atoms with van der Waals surface area (Å²) in [7, 11) is -3.73. The van der Waals surface area contributed by atoms with Crippen molar-refractivity contribution in [3.8, 4) is 6.07 Å². The molecule has 28 heavy (non-hydrogen) atoms. The molecule has 1 atom stereocenters. The van der Waals surface area contributed by atoms with E-state index in [2.05, 4.69) is 26.7 Å². The molecule has 9 heteroatoms. The van der Waals surface area contributed by atoms with Gasteiger partial charge in [-0.1, -0.05) is 41.4 Å². The van der Waals surface area contributed by atoms with Gasteiger partial charge >= 0.3 is 0 Å². The van der Waals surface area contributed by atoms with Crippen LogP contribution in [0.5, 0.6) is 0 Å². The van der Waals surface area contributed by atoms with Gasteiger partial charge in [-0.15, -0.1) is 11.3 Å². The highest BCUT2D eigenvalue weighted by atomic mass is 79.9. The van der Waals surface area contributed by atoms with Crippen molar-refractivity contribution in [3.05, 3.63) is 79.1 Å². The Morgan fingerprint density at radius 3 is 2.39 bits per heavy atom. The molecule has 144 valence electrons. The molecule has 0 spiro atoms. The summed E-state index contributed by atoms with van der Waals surface area (Å²) in [5, 5.41) is 10.5. The summed E-state index contributed by atoms with van der Waals surface area (Å²) >= 11 is 16.7. The molecular weight excluding hydrogens is 503 g/mol. The Morgan fingerprint density at radius 2 is 1.82 bits per heavy atom. The maximum absolute atomic E-state index is 12.6. The Hall–Kier alpha value is -1.56. The van der Waals surface area contributed by atoms with Crippen LogP contribution in [-0.2, 0) is 10.0 Å². The fraction of sp³-hybridized carbons (Fsp3) is 0.105. The van der Waals surface area contributed by atoms with Crippen molar-refractivity contribution >= 4 is 66.2 Å². The SMILES string of the molecule is Cc1cc(C(C#N)c2ccc(Cl)cc2)c(Cl)cc1NS(=O)(=O)c1ccc(Br)s1. The van der Waals surface area contributed by atoms with Crippen molar-refractivity contribution in [2.24, 2.45) is 0 Å². The highest BCUT2D eigenvalue weighted by Gasteiger charge is 2.21. The predicted octanol–water partition coefficient (Wildman–Crippen LogP) is 6.58. The number of rotatable bonds is 5. The van der Waals surface area contributed by atoms with E-state index in [-0.39, 0.29) is 4.21 Å². The Bertz CT molecular complexity index is 1170. The quantitative estimate of drug-likeness (QED) is 0.417. The lowest BCUT2D eigenvalue weighted by Gasteiger charge is -2.16. The number of thiophene rings is 1. The van der Waals surface area contributed by atoms with E-state index < -0.39 is 15.9 Å². The van der Waals surface area contributed by atoms with E-state index in [9.17, 15) is 13.7 Å². The second-order valence-corrected chi connectivity index (χ2v) is 11.2. The first-order chi connectivity index (χ1) is 13.2. The number of nitriles is 1. The van der Waals surface area contributed by atoms with E-state index >= 15 is 0 Å². The van der Waals surface area contributed by atoms with Gasteiger partial charge in [-0.05, 0) is 69.9 Å². The van der Waals surface area contributed by atoms with Crippen LogP contribution in [0.1, 0.15) is 22.6 Å². The third-order valence-corrected chi connectivity index (χ3v) is 8.11. The molecule has 0 aliphatic carbocycles. The van der Waals surface area contributed by atoms with Gasteiger partial charge in [0.1, 0.15) is 4.21 Å². The summed E-state index contributed by atoms with van der Waals surface area (Å²) in [6.07, 6.45) is 0. The minimum atomic E-state index is -3.73. The second kappa shape index (κ2) is 8.44. The molecule has 0 radical (unpaired) electrons. The summed E-state index contributed by atoms with van der Waals surface area (Å²) in [5.74, 6) is -0.595. The van der Waals surface area contributed by atoms with Crippen LogP contribution in [0, 0.1) is 18.3 Å². The molecule has 0 aliphatic rings. The normalized spacial score (nSPS) is 12.4. The minimum absolute atomic E-state index is 0.190. The van der Waals surface area contributed by atoms with E-state index in [0.717, 1.165) is 20.7 Å². The van der Waals surface area contributed by atoms with Crippen molar-refractivity contribution < 1.29 is 8.42 Å². The molecule has 4 nitrogen and oxygen atoms in total. The number of nitrogens with zero attached hydrogens (tertiary/aromatic N) is 1. The van der Waals surface area contributed by atoms with E-state index in [1.807, 2.05) is 0 Å². The third kappa shape index (κ3) is 4.53. The maximum Gasteiger partial charge on any atom is 0.271 e. The predicted molar refractivity (Wildman–Crippen MR) is 118 cm³/mol. The molecule has 0 amide bonds. The fourth-order valence-electron chi connectivity index (χ4n) is 2.65. The highest BCUT2D eigenvalue weighted by Crippen LogP contribution is 2.35. The van der Waals surface area contributed by atoms with Gasteiger partial charge in [-0.25, -0.2) is 8.42 Å². The number of nitrogens with one attached hydrogen (secondary N) is 1. The summed E-state index contributed by atoms with van der Waals surface area (Å²) in [5.41, 5.74) is 2.38. The smallest absolute Gasteiger partial charge is 0.271 e. The van der Waals surface area contributed by atoms with Crippen LogP contribution < -0.4 is 4.72 Å². The number of hydrogen-bond donors (Lipinski definition) is 1. The van der Waals surface area contributed by atoms with Gasteiger partial charge in [0.25, 0.3) is 10.0 Å². The number of hydrogen-bond acceptors (Lipinski definition) is 4. The van der Waals surface area contributed by atoms with Crippen molar-refractivity contribution in [2.45, 2.75) is 17.1 Å². The molecule has 1 N–H and O–H groups in total. The van der Waals surface area contributed by atoms with Gasteiger partial charge in [0.15, 0.2) is 0 Å². The largest absolute Gasteiger partial charge is 0.279 e. The summed E-state index contributed by atoms with van der Waals surface area (Å²) < 4.78 is 28.6. The molecule has 0 aliphatic heterocycles. The lowest BCUT2D eigenvalue weighted by atomic mass is 9.91. The highest BCUT2D eigenvalue weighted by molar-refractivity contribution is 9.11. The van der Waals surface area contributed by atoms with E-state index in [0.29, 0.717) is 26.9 Å². The van der Waals surface area contributed by atoms with Crippen LogP contribution in [0.15, 0.2) is 56.5 Å². The Morgan fingerprint density at radius 1 is 1.14 bits per heavy atom. The maximum atomic E-state index is 12.6. The first-order valence-electron chi connectivity index (χ1n) is 7.94. The van der Waals surface area contributed by atoms with Gasteiger partial charge in [-0.3, -0.25) is 4.72 Å². The van der Waals surface area contributed by atoms with Gasteiger partial charge in [0.2, 0.25) is 0 Å². The summed E-state index contributed by atoms with van der Waals surface area (Å²) in [6, 6.07) is 15.7. The van der Waals surface area contributed by atoms with Gasteiger partial charge in [0.05, 0.1) is 21.5 Å². The van der Waals surface area contributed by atoms with Crippen LogP contribution in [-0.4, -0.2) is 8.42 Å². The van der Waals surface area contributed by atoms with Crippen LogP contribution in [0.4, 0.5) is 5.69 Å². The standard InChI is InChI=1S/C19H13BrCl2N2O2S2/c1-11-8-14(15(10-23)12-2-4-13(21)5-3-12)16(22)9-17(11)24-28(25,26)19-7-6-18(20)27-19/h2-9,15,24H,1H3. The van der Waals surface area contributed by atoms with Crippen LogP contribution in [0.25, 0.3) is 0 Å². The van der Waals surface area contributed by atoms with Crippen molar-refractivity contribution in [1.82, 2.24) is 0 Å². The van der Waals surface area contributed by atoms with Crippen LogP contribution >= 0.6 is 50.5 Å². The van der Waals surface area contributed by atoms with Crippen LogP contribution in [0.3, 0.4) is 0 Å². The first kappa shape index (κ1) is 21.2. The molecule has 1 unspecified atom stereocenters. The first-order valence-corrected chi connectivity index (χ1v) is 11.8. The van der Waals surface area contributed by atoms with E-state index in [1.54, 1.807) is 43.3 Å². The zero-order chi connectivity index (χ0) is 20.5. The third-order valence-electron chi connectivity index (χ3n) is 4.04. The van der Waals surface area contributed by atoms with Crippen molar-refractivity contribution in [2.75, 3.05) is 4.72 Å². The monoisotopic (exact) mass is 514 g/mol. The minimum Gasteiger partial charge on any atom is -0.279 e. The van der Waals surface area contributed by atoms with E-state index in [1.165, 1.54) is 12.1 Å². The molecule has 2 aromatic carbocycles. The molecule has 3 rings (SSSR count). The molecule has 3 aromatic rings. The number of halogens is 3. The molecule has 0 saturated carbocycles. The molecular formula is C19H13BrCl2N2O2S2. The fourth-order valence-corrected chi connectivity index (χ4v) is 6.18. The number of sulfonamides is 1. The van der Waals surface area contributed by atoms with Crippen molar-refractivity contribution in [3.63, 3.8) is 0 Å². The Kier molecular flexibility index (Phi) is 6.37. The molecule has 0 bridgehead atoms. The Labute approximate surface area is 185 Å². The molecule has 1 heterocycles. The average Bonchev–Trinajstić information content (AvgIpc) is 3.08. The summed E-state index contributed by atoms with van der Waals surface area (Å²) in [4.78, 5) is 0. The summed E-state index contributed by atoms with van der Waals surface area (Å²) in [6.45, 7) is 1.76. The van der Waals surface area contributed by atoms with Gasteiger partial charge in [-0.2, -0.15) is 5.26 Å². The number of anilines is 1. The molecule has 0 saturated heterocycles. The number of aryl methyl sites for hydroxylation is 1. The van der Waals surface area contributed by atoms with E-state index in [4.69, 9.17) is 23.2 Å². The zero-order valence-electron chi connectivity index (χ0n) is 14.4. The van der Waals surface area contributed by atoms with Crippen molar-refractivity contribution in [1.29, 1.82) is 5.26 Å². The lowest BCUT2D eigenvalue weighted by molar-refractivity contribution is 0.603. The zero-order valence-corrected chi connectivity index (χ0v) is 19.1. The Balaban J connectivity index is 1.97. The van der Waals surface area contributed by atoms with Crippen LogP contribution in [0.2, 0.25) is 10.0 Å². The second-order valence-electron chi connectivity index (χ2n) is 5.97. The average molecular weight is 516 g/mol. The topological polar surface area (TPSA) is 70.0 Å². The van der Waals surface area contributed by atoms with Gasteiger partial charge in [0, 0.05) is 10.0 Å². The van der Waals surface area contributed by atoms with Gasteiger partial charge < -0.3 is 0 Å². The molecule has 1 aromatic heterocycles. The lowest BCUT2D eigenvalue weighted by Crippen LogP contribution is -2.13. The number of benzene rings is 2. The molecule has 0 fully saturated rings.